The van der Waals surface area contributed by atoms with Gasteiger partial charge in [-0.1, -0.05) is 12.1 Å². The van der Waals surface area contributed by atoms with Crippen LogP contribution >= 0.6 is 0 Å². The lowest BCUT2D eigenvalue weighted by Crippen LogP contribution is -2.26. The maximum absolute atomic E-state index is 11.2. The van der Waals surface area contributed by atoms with Crippen molar-refractivity contribution in [2.75, 3.05) is 13.2 Å². The van der Waals surface area contributed by atoms with Crippen molar-refractivity contribution in [2.24, 2.45) is 0 Å². The van der Waals surface area contributed by atoms with E-state index < -0.39 is 0 Å². The van der Waals surface area contributed by atoms with Crippen LogP contribution in [0.3, 0.4) is 0 Å². The lowest BCUT2D eigenvalue weighted by molar-refractivity contribution is 0.0945. The summed E-state index contributed by atoms with van der Waals surface area (Å²) in [5.41, 5.74) is 0.561. The third-order valence-corrected chi connectivity index (χ3v) is 1.37. The molecule has 0 atom stereocenters. The summed E-state index contributed by atoms with van der Waals surface area (Å²) in [5.74, 6) is -0.180. The first kappa shape index (κ1) is 8.74. The van der Waals surface area contributed by atoms with Crippen LogP contribution in [0.15, 0.2) is 24.3 Å². The Hall–Kier alpha value is -1.35. The lowest BCUT2D eigenvalue weighted by Gasteiger charge is -2.01. The van der Waals surface area contributed by atoms with Crippen LogP contribution in [0.2, 0.25) is 0 Å². The third kappa shape index (κ3) is 2.36. The Morgan fingerprint density at radius 2 is 2.50 bits per heavy atom. The van der Waals surface area contributed by atoms with E-state index in [-0.39, 0.29) is 19.1 Å². The Morgan fingerprint density at radius 3 is 3.08 bits per heavy atom. The standard InChI is InChI=1S/C9H10NO2/c11-7-6-10-9(12)8-4-2-1-3-5-8/h1-2,4-5,11H,6-7H2,(H,10,12). The fraction of sp³-hybridized carbons (Fsp3) is 0.222. The van der Waals surface area contributed by atoms with Gasteiger partial charge in [0.2, 0.25) is 0 Å². The van der Waals surface area contributed by atoms with Crippen molar-refractivity contribution in [3.8, 4) is 0 Å². The van der Waals surface area contributed by atoms with E-state index in [0.29, 0.717) is 5.56 Å². The Labute approximate surface area is 71.0 Å². The number of benzene rings is 1. The Morgan fingerprint density at radius 1 is 1.67 bits per heavy atom. The molecule has 0 aliphatic carbocycles. The van der Waals surface area contributed by atoms with Gasteiger partial charge in [0.05, 0.1) is 6.61 Å². The van der Waals surface area contributed by atoms with Crippen molar-refractivity contribution in [2.45, 2.75) is 0 Å². The van der Waals surface area contributed by atoms with Gasteiger partial charge in [-0.15, -0.1) is 0 Å². The van der Waals surface area contributed by atoms with E-state index in [1.165, 1.54) is 0 Å². The van der Waals surface area contributed by atoms with Crippen LogP contribution in [-0.4, -0.2) is 24.2 Å². The number of carbonyl (C=O) groups excluding carboxylic acids is 1. The molecular formula is C9H10NO2. The molecule has 2 N–H and O–H groups in total. The molecule has 0 spiro atoms. The van der Waals surface area contributed by atoms with E-state index in [1.54, 1.807) is 24.3 Å². The van der Waals surface area contributed by atoms with Gasteiger partial charge in [0.1, 0.15) is 0 Å². The quantitative estimate of drug-likeness (QED) is 0.671. The van der Waals surface area contributed by atoms with Crippen LogP contribution in [0.25, 0.3) is 0 Å². The molecule has 1 aromatic carbocycles. The molecule has 0 heterocycles. The normalized spacial score (nSPS) is 9.42. The van der Waals surface area contributed by atoms with Gasteiger partial charge in [-0.3, -0.25) is 4.79 Å². The minimum Gasteiger partial charge on any atom is -0.395 e. The number of nitrogens with one attached hydrogen (secondary N) is 1. The van der Waals surface area contributed by atoms with Crippen molar-refractivity contribution in [3.63, 3.8) is 0 Å². The highest BCUT2D eigenvalue weighted by molar-refractivity contribution is 5.93. The first-order valence-corrected chi connectivity index (χ1v) is 3.70. The third-order valence-electron chi connectivity index (χ3n) is 1.37. The minimum absolute atomic E-state index is 0.0394. The van der Waals surface area contributed by atoms with Gasteiger partial charge in [0, 0.05) is 12.1 Å². The van der Waals surface area contributed by atoms with Gasteiger partial charge < -0.3 is 10.4 Å². The zero-order valence-corrected chi connectivity index (χ0v) is 6.58. The first-order chi connectivity index (χ1) is 5.84. The first-order valence-electron chi connectivity index (χ1n) is 3.70. The monoisotopic (exact) mass is 164 g/mol. The van der Waals surface area contributed by atoms with Crippen molar-refractivity contribution in [3.05, 3.63) is 35.9 Å². The highest BCUT2D eigenvalue weighted by Gasteiger charge is 2.01. The lowest BCUT2D eigenvalue weighted by atomic mass is 10.2. The molecule has 1 rings (SSSR count). The van der Waals surface area contributed by atoms with Crippen LogP contribution in [0.5, 0.6) is 0 Å². The van der Waals surface area contributed by atoms with Crippen molar-refractivity contribution < 1.29 is 9.90 Å². The average molecular weight is 164 g/mol. The number of amides is 1. The molecule has 0 aliphatic rings. The highest BCUT2D eigenvalue weighted by atomic mass is 16.3. The van der Waals surface area contributed by atoms with E-state index >= 15 is 0 Å². The molecule has 0 fully saturated rings. The van der Waals surface area contributed by atoms with Gasteiger partial charge >= 0.3 is 0 Å². The SMILES string of the molecule is O=C(NCCO)c1c[c]ccc1. The topological polar surface area (TPSA) is 49.3 Å². The summed E-state index contributed by atoms with van der Waals surface area (Å²) in [6.07, 6.45) is 0. The second-order valence-corrected chi connectivity index (χ2v) is 2.27. The van der Waals surface area contributed by atoms with E-state index in [2.05, 4.69) is 11.4 Å². The molecule has 0 saturated heterocycles. The maximum atomic E-state index is 11.2. The summed E-state index contributed by atoms with van der Waals surface area (Å²) in [4.78, 5) is 11.2. The number of aliphatic hydroxyl groups is 1. The van der Waals surface area contributed by atoms with Crippen LogP contribution in [-0.2, 0) is 0 Å². The summed E-state index contributed by atoms with van der Waals surface area (Å²) in [5, 5.41) is 11.0. The highest BCUT2D eigenvalue weighted by Crippen LogP contribution is 1.96. The minimum atomic E-state index is -0.180. The number of carbonyl (C=O) groups is 1. The van der Waals surface area contributed by atoms with Gasteiger partial charge in [0.15, 0.2) is 0 Å². The fourth-order valence-electron chi connectivity index (χ4n) is 0.806. The van der Waals surface area contributed by atoms with Crippen molar-refractivity contribution in [1.82, 2.24) is 5.32 Å². The zero-order valence-electron chi connectivity index (χ0n) is 6.58. The Kier molecular flexibility index (Phi) is 3.29. The molecule has 63 valence electrons. The van der Waals surface area contributed by atoms with Crippen LogP contribution in [0, 0.1) is 6.07 Å². The van der Waals surface area contributed by atoms with Gasteiger partial charge in [-0.25, -0.2) is 0 Å². The average Bonchev–Trinajstić information content (AvgIpc) is 2.15. The number of aliphatic hydroxyl groups excluding tert-OH is 1. The van der Waals surface area contributed by atoms with Crippen molar-refractivity contribution in [1.29, 1.82) is 0 Å². The van der Waals surface area contributed by atoms with E-state index in [4.69, 9.17) is 5.11 Å². The maximum Gasteiger partial charge on any atom is 0.251 e. The molecule has 0 aliphatic heterocycles. The van der Waals surface area contributed by atoms with Gasteiger partial charge in [0.25, 0.3) is 5.91 Å². The van der Waals surface area contributed by atoms with E-state index in [0.717, 1.165) is 0 Å². The summed E-state index contributed by atoms with van der Waals surface area (Å²) in [7, 11) is 0. The number of hydrogen-bond donors (Lipinski definition) is 2. The molecule has 0 aromatic heterocycles. The van der Waals surface area contributed by atoms with Gasteiger partial charge in [-0.05, 0) is 18.2 Å². The predicted molar refractivity (Wildman–Crippen MR) is 44.7 cm³/mol. The molecule has 1 amide bonds. The van der Waals surface area contributed by atoms with Crippen LogP contribution in [0.4, 0.5) is 0 Å². The Bertz CT molecular complexity index is 246. The molecular weight excluding hydrogens is 154 g/mol. The zero-order chi connectivity index (χ0) is 8.81. The fourth-order valence-corrected chi connectivity index (χ4v) is 0.806. The molecule has 1 aromatic rings. The molecule has 12 heavy (non-hydrogen) atoms. The van der Waals surface area contributed by atoms with Crippen LogP contribution < -0.4 is 5.32 Å². The molecule has 0 unspecified atom stereocenters. The summed E-state index contributed by atoms with van der Waals surface area (Å²) < 4.78 is 0. The smallest absolute Gasteiger partial charge is 0.251 e. The molecule has 0 bridgehead atoms. The molecule has 0 saturated carbocycles. The number of hydrogen-bond acceptors (Lipinski definition) is 2. The summed E-state index contributed by atoms with van der Waals surface area (Å²) in [6.45, 7) is 0.246. The predicted octanol–water partition coefficient (Wildman–Crippen LogP) is 0.209. The molecule has 3 nitrogen and oxygen atoms in total. The largest absolute Gasteiger partial charge is 0.395 e. The van der Waals surface area contributed by atoms with E-state index in [1.807, 2.05) is 0 Å². The van der Waals surface area contributed by atoms with Gasteiger partial charge in [-0.2, -0.15) is 0 Å². The Balaban J connectivity index is 2.54. The second kappa shape index (κ2) is 4.51. The van der Waals surface area contributed by atoms with Crippen LogP contribution in [0.1, 0.15) is 10.4 Å². The summed E-state index contributed by atoms with van der Waals surface area (Å²) >= 11 is 0. The number of rotatable bonds is 3. The van der Waals surface area contributed by atoms with E-state index in [9.17, 15) is 4.79 Å². The van der Waals surface area contributed by atoms with Crippen molar-refractivity contribution >= 4 is 5.91 Å². The summed E-state index contributed by atoms with van der Waals surface area (Å²) in [6, 6.07) is 9.57. The second-order valence-electron chi connectivity index (χ2n) is 2.27. The molecule has 3 heteroatoms. The molecule has 1 radical (unpaired) electrons.